The second-order valence-electron chi connectivity index (χ2n) is 4.03. The van der Waals surface area contributed by atoms with Crippen molar-refractivity contribution in [2.75, 3.05) is 7.05 Å². The fourth-order valence-corrected chi connectivity index (χ4v) is 1.53. The highest BCUT2D eigenvalue weighted by Crippen LogP contribution is 2.24. The number of allylic oxidation sites excluding steroid dienone is 1. The van der Waals surface area contributed by atoms with Crippen LogP contribution in [0.15, 0.2) is 33.4 Å². The lowest BCUT2D eigenvalue weighted by Crippen LogP contribution is -2.08. The molecule has 0 fully saturated rings. The Labute approximate surface area is 85.1 Å². The van der Waals surface area contributed by atoms with Crippen LogP contribution in [0.3, 0.4) is 0 Å². The lowest BCUT2D eigenvalue weighted by atomic mass is 9.92. The summed E-state index contributed by atoms with van der Waals surface area (Å²) in [4.78, 5) is 8.43. The Morgan fingerprint density at radius 1 is 1.50 bits per heavy atom. The predicted molar refractivity (Wildman–Crippen MR) is 61.7 cm³/mol. The van der Waals surface area contributed by atoms with E-state index in [1.807, 2.05) is 13.1 Å². The van der Waals surface area contributed by atoms with Gasteiger partial charge in [-0.2, -0.15) is 0 Å². The topological polar surface area (TPSA) is 50.7 Å². The Morgan fingerprint density at radius 3 is 2.64 bits per heavy atom. The first kappa shape index (κ1) is 10.7. The monoisotopic (exact) mass is 191 g/mol. The number of nitrogens with zero attached hydrogens (tertiary/aromatic N) is 2. The highest BCUT2D eigenvalue weighted by atomic mass is 14.9. The molecule has 0 bridgehead atoms. The molecule has 0 unspecified atom stereocenters. The van der Waals surface area contributed by atoms with Crippen molar-refractivity contribution < 1.29 is 0 Å². The first-order chi connectivity index (χ1) is 6.50. The predicted octanol–water partition coefficient (Wildman–Crippen LogP) is 1.91. The third-order valence-electron chi connectivity index (χ3n) is 2.15. The van der Waals surface area contributed by atoms with Gasteiger partial charge in [0, 0.05) is 30.5 Å². The van der Waals surface area contributed by atoms with Crippen molar-refractivity contribution in [3.8, 4) is 0 Å². The number of hydrogen-bond donors (Lipinski definition) is 1. The highest BCUT2D eigenvalue weighted by molar-refractivity contribution is 6.07. The molecule has 1 heterocycles. The molecular weight excluding hydrogens is 174 g/mol. The summed E-state index contributed by atoms with van der Waals surface area (Å²) in [5.41, 5.74) is 7.56. The van der Waals surface area contributed by atoms with Crippen LogP contribution in [0.1, 0.15) is 20.8 Å². The van der Waals surface area contributed by atoms with Gasteiger partial charge in [-0.1, -0.05) is 19.9 Å². The second-order valence-corrected chi connectivity index (χ2v) is 4.03. The van der Waals surface area contributed by atoms with Crippen LogP contribution in [0.25, 0.3) is 0 Å². The maximum atomic E-state index is 5.56. The molecule has 14 heavy (non-hydrogen) atoms. The standard InChI is InChI=1S/C11H17N3/c1-8-5-11(2,3)7-14-10(13-4)9(8)6-12/h5-7H,12H2,1-4H3. The van der Waals surface area contributed by atoms with Crippen molar-refractivity contribution in [1.82, 2.24) is 0 Å². The van der Waals surface area contributed by atoms with E-state index in [9.17, 15) is 0 Å². The van der Waals surface area contributed by atoms with Gasteiger partial charge in [0.15, 0.2) is 5.84 Å². The minimum atomic E-state index is -0.0369. The molecule has 3 nitrogen and oxygen atoms in total. The Kier molecular flexibility index (Phi) is 2.89. The lowest BCUT2D eigenvalue weighted by Gasteiger charge is -2.12. The van der Waals surface area contributed by atoms with Gasteiger partial charge in [-0.25, -0.2) is 4.99 Å². The quantitative estimate of drug-likeness (QED) is 0.624. The average molecular weight is 191 g/mol. The van der Waals surface area contributed by atoms with Crippen LogP contribution in [0.2, 0.25) is 0 Å². The third-order valence-corrected chi connectivity index (χ3v) is 2.15. The molecule has 3 heteroatoms. The summed E-state index contributed by atoms with van der Waals surface area (Å²) in [6.45, 7) is 6.24. The van der Waals surface area contributed by atoms with Gasteiger partial charge in [0.25, 0.3) is 0 Å². The van der Waals surface area contributed by atoms with Gasteiger partial charge in [0.1, 0.15) is 0 Å². The normalized spacial score (nSPS) is 26.4. The van der Waals surface area contributed by atoms with E-state index in [0.717, 1.165) is 11.1 Å². The Hall–Kier alpha value is -1.38. The number of amidine groups is 1. The smallest absolute Gasteiger partial charge is 0.155 e. The van der Waals surface area contributed by atoms with E-state index in [4.69, 9.17) is 5.73 Å². The van der Waals surface area contributed by atoms with E-state index >= 15 is 0 Å². The maximum absolute atomic E-state index is 5.56. The van der Waals surface area contributed by atoms with Crippen molar-refractivity contribution >= 4 is 12.1 Å². The zero-order valence-corrected chi connectivity index (χ0v) is 9.20. The summed E-state index contributed by atoms with van der Waals surface area (Å²) in [6, 6.07) is 0. The molecule has 0 aromatic carbocycles. The lowest BCUT2D eigenvalue weighted by molar-refractivity contribution is 0.691. The summed E-state index contributed by atoms with van der Waals surface area (Å²) in [5, 5.41) is 0. The molecule has 0 spiro atoms. The summed E-state index contributed by atoms with van der Waals surface area (Å²) in [6.07, 6.45) is 5.61. The van der Waals surface area contributed by atoms with Gasteiger partial charge >= 0.3 is 0 Å². The molecule has 1 rings (SSSR count). The van der Waals surface area contributed by atoms with Crippen LogP contribution in [0.4, 0.5) is 0 Å². The zero-order chi connectivity index (χ0) is 10.8. The number of hydrogen-bond acceptors (Lipinski definition) is 2. The van der Waals surface area contributed by atoms with Crippen LogP contribution in [0.5, 0.6) is 0 Å². The van der Waals surface area contributed by atoms with E-state index in [2.05, 4.69) is 29.9 Å². The summed E-state index contributed by atoms with van der Waals surface area (Å²) >= 11 is 0. The van der Waals surface area contributed by atoms with Crippen LogP contribution in [0, 0.1) is 5.41 Å². The molecule has 0 aromatic rings. The first-order valence-corrected chi connectivity index (χ1v) is 4.64. The molecule has 1 aliphatic rings. The van der Waals surface area contributed by atoms with Crippen molar-refractivity contribution in [2.45, 2.75) is 20.8 Å². The van der Waals surface area contributed by atoms with Gasteiger partial charge < -0.3 is 5.73 Å². The van der Waals surface area contributed by atoms with Crippen LogP contribution < -0.4 is 5.73 Å². The number of aliphatic imine (C=N–C) groups is 2. The van der Waals surface area contributed by atoms with Crippen LogP contribution >= 0.6 is 0 Å². The van der Waals surface area contributed by atoms with E-state index in [-0.39, 0.29) is 5.41 Å². The zero-order valence-electron chi connectivity index (χ0n) is 9.20. The molecular formula is C11H17N3. The van der Waals surface area contributed by atoms with Crippen molar-refractivity contribution in [3.63, 3.8) is 0 Å². The molecule has 0 saturated heterocycles. The number of nitrogens with two attached hydrogens (primary N) is 1. The fraction of sp³-hybridized carbons (Fsp3) is 0.455. The molecule has 76 valence electrons. The molecule has 0 amide bonds. The molecule has 0 aliphatic carbocycles. The third kappa shape index (κ3) is 2.10. The minimum Gasteiger partial charge on any atom is -0.404 e. The summed E-state index contributed by atoms with van der Waals surface area (Å²) < 4.78 is 0. The molecule has 0 radical (unpaired) electrons. The SMILES string of the molecule is CN=C1N=CC(C)(C)C=C(C)C1=CN. The van der Waals surface area contributed by atoms with Crippen LogP contribution in [-0.4, -0.2) is 19.1 Å². The summed E-state index contributed by atoms with van der Waals surface area (Å²) in [7, 11) is 1.72. The second kappa shape index (κ2) is 3.78. The molecule has 0 aromatic heterocycles. The first-order valence-electron chi connectivity index (χ1n) is 4.64. The molecule has 0 atom stereocenters. The van der Waals surface area contributed by atoms with Gasteiger partial charge in [0.2, 0.25) is 0 Å². The van der Waals surface area contributed by atoms with Gasteiger partial charge in [-0.15, -0.1) is 0 Å². The van der Waals surface area contributed by atoms with E-state index in [1.54, 1.807) is 13.2 Å². The van der Waals surface area contributed by atoms with Gasteiger partial charge in [0.05, 0.1) is 0 Å². The van der Waals surface area contributed by atoms with Crippen molar-refractivity contribution in [1.29, 1.82) is 0 Å². The minimum absolute atomic E-state index is 0.0369. The Morgan fingerprint density at radius 2 is 2.14 bits per heavy atom. The van der Waals surface area contributed by atoms with Crippen LogP contribution in [-0.2, 0) is 0 Å². The largest absolute Gasteiger partial charge is 0.404 e. The van der Waals surface area contributed by atoms with E-state index in [1.165, 1.54) is 0 Å². The molecule has 0 saturated carbocycles. The average Bonchev–Trinajstić information content (AvgIpc) is 2.20. The van der Waals surface area contributed by atoms with E-state index < -0.39 is 0 Å². The highest BCUT2D eigenvalue weighted by Gasteiger charge is 2.19. The Bertz CT molecular complexity index is 344. The molecule has 1 aliphatic heterocycles. The molecule has 2 N–H and O–H groups in total. The van der Waals surface area contributed by atoms with Gasteiger partial charge in [-0.3, -0.25) is 4.99 Å². The van der Waals surface area contributed by atoms with E-state index in [0.29, 0.717) is 5.84 Å². The van der Waals surface area contributed by atoms with Crippen molar-refractivity contribution in [2.24, 2.45) is 21.1 Å². The Balaban J connectivity index is 3.29. The van der Waals surface area contributed by atoms with Crippen molar-refractivity contribution in [3.05, 3.63) is 23.4 Å². The van der Waals surface area contributed by atoms with Gasteiger partial charge in [-0.05, 0) is 12.5 Å². The summed E-state index contributed by atoms with van der Waals surface area (Å²) in [5.74, 6) is 0.701. The maximum Gasteiger partial charge on any atom is 0.155 e. The fourth-order valence-electron chi connectivity index (χ4n) is 1.53. The number of rotatable bonds is 0.